The molecule has 0 radical (unpaired) electrons. The van der Waals surface area contributed by atoms with Crippen molar-refractivity contribution in [3.63, 3.8) is 0 Å². The van der Waals surface area contributed by atoms with E-state index in [-0.39, 0.29) is 5.56 Å². The minimum absolute atomic E-state index is 0.0440. The van der Waals surface area contributed by atoms with E-state index in [1.807, 2.05) is 42.0 Å². The number of hydrogen-bond donors (Lipinski definition) is 0. The van der Waals surface area contributed by atoms with E-state index >= 15 is 0 Å². The summed E-state index contributed by atoms with van der Waals surface area (Å²) >= 11 is 7.36. The third-order valence-electron chi connectivity index (χ3n) is 6.84. The molecule has 2 aliphatic heterocycles. The van der Waals surface area contributed by atoms with Crippen molar-refractivity contribution >= 4 is 29.0 Å². The minimum Gasteiger partial charge on any atom is -0.381 e. The first-order valence-corrected chi connectivity index (χ1v) is 12.9. The highest BCUT2D eigenvalue weighted by atomic mass is 35.5. The van der Waals surface area contributed by atoms with Crippen LogP contribution in [-0.2, 0) is 27.5 Å². The van der Waals surface area contributed by atoms with Crippen LogP contribution < -0.4 is 0 Å². The number of aromatic nitrogens is 2. The van der Waals surface area contributed by atoms with Crippen LogP contribution in [0.25, 0.3) is 11.8 Å². The number of halogens is 3. The topological polar surface area (TPSA) is 39.5 Å². The molecule has 0 aliphatic carbocycles. The molecule has 1 spiro atoms. The number of methoxy groups -OCH3 is 1. The van der Waals surface area contributed by atoms with Gasteiger partial charge >= 0.3 is 0 Å². The van der Waals surface area contributed by atoms with Crippen LogP contribution in [0.15, 0.2) is 42.6 Å². The Kier molecular flexibility index (Phi) is 6.85. The molecule has 0 N–H and O–H groups in total. The lowest BCUT2D eigenvalue weighted by molar-refractivity contribution is -0.182. The summed E-state index contributed by atoms with van der Waals surface area (Å²) in [6, 6.07) is 9.53. The van der Waals surface area contributed by atoms with Crippen LogP contribution in [0.3, 0.4) is 0 Å². The van der Waals surface area contributed by atoms with E-state index in [9.17, 15) is 8.78 Å². The van der Waals surface area contributed by atoms with Gasteiger partial charge in [0, 0.05) is 48.9 Å². The SMILES string of the molecule is COC/C=C/c1ccccc1-n1cc(CN2CCC3(CC2)OCC(F)(F)c2cc(Cl)sc23)c(C)n1. The summed E-state index contributed by atoms with van der Waals surface area (Å²) in [5, 5.41) is 4.77. The fraction of sp³-hybridized carbons (Fsp3) is 0.423. The predicted molar refractivity (Wildman–Crippen MR) is 135 cm³/mol. The third kappa shape index (κ3) is 4.82. The highest BCUT2D eigenvalue weighted by Crippen LogP contribution is 2.52. The molecule has 0 atom stereocenters. The van der Waals surface area contributed by atoms with Crippen molar-refractivity contribution in [1.29, 1.82) is 0 Å². The molecule has 35 heavy (non-hydrogen) atoms. The quantitative estimate of drug-likeness (QED) is 0.390. The number of thiophene rings is 1. The highest BCUT2D eigenvalue weighted by molar-refractivity contribution is 7.16. The maximum absolute atomic E-state index is 14.4. The highest BCUT2D eigenvalue weighted by Gasteiger charge is 2.51. The molecule has 0 unspecified atom stereocenters. The molecule has 3 aromatic rings. The molecule has 2 aromatic heterocycles. The van der Waals surface area contributed by atoms with Crippen molar-refractivity contribution in [3.8, 4) is 5.69 Å². The van der Waals surface area contributed by atoms with Gasteiger partial charge in [-0.05, 0) is 37.5 Å². The summed E-state index contributed by atoms with van der Waals surface area (Å²) in [4.78, 5) is 2.94. The van der Waals surface area contributed by atoms with Gasteiger partial charge in [0.25, 0.3) is 5.92 Å². The number of alkyl halides is 2. The fourth-order valence-electron chi connectivity index (χ4n) is 4.91. The van der Waals surface area contributed by atoms with Gasteiger partial charge in [-0.3, -0.25) is 4.90 Å². The van der Waals surface area contributed by atoms with Crippen LogP contribution in [0.1, 0.15) is 40.1 Å². The van der Waals surface area contributed by atoms with Crippen molar-refractivity contribution in [3.05, 3.63) is 74.2 Å². The maximum atomic E-state index is 14.4. The van der Waals surface area contributed by atoms with E-state index < -0.39 is 18.1 Å². The lowest BCUT2D eigenvalue weighted by atomic mass is 9.84. The number of piperidine rings is 1. The molecule has 0 bridgehead atoms. The number of para-hydroxylation sites is 1. The normalized spacial score (nSPS) is 19.5. The first kappa shape index (κ1) is 24.6. The summed E-state index contributed by atoms with van der Waals surface area (Å²) in [7, 11) is 1.67. The lowest BCUT2D eigenvalue weighted by Gasteiger charge is -2.45. The molecule has 1 aromatic carbocycles. The molecular formula is C26H28ClF2N3O2S. The van der Waals surface area contributed by atoms with Crippen molar-refractivity contribution < 1.29 is 18.3 Å². The molecule has 1 fully saturated rings. The maximum Gasteiger partial charge on any atom is 0.297 e. The molecule has 2 aliphatic rings. The van der Waals surface area contributed by atoms with E-state index in [4.69, 9.17) is 26.2 Å². The number of rotatable bonds is 6. The standard InChI is InChI=1S/C26H28ClF2N3O2S/c1-18-20(16-32(30-18)22-8-4-3-6-19(22)7-5-13-33-2)15-31-11-9-25(10-12-31)24-21(14-23(27)35-24)26(28,29)17-34-25/h3-8,14,16H,9-13,15,17H2,1-2H3/b7-5+. The van der Waals surface area contributed by atoms with Gasteiger partial charge < -0.3 is 9.47 Å². The average molecular weight is 520 g/mol. The summed E-state index contributed by atoms with van der Waals surface area (Å²) in [5.41, 5.74) is 3.57. The summed E-state index contributed by atoms with van der Waals surface area (Å²) in [6.45, 7) is 4.24. The zero-order valence-electron chi connectivity index (χ0n) is 19.8. The van der Waals surface area contributed by atoms with Gasteiger partial charge in [-0.15, -0.1) is 11.3 Å². The molecule has 5 rings (SSSR count). The van der Waals surface area contributed by atoms with E-state index in [2.05, 4.69) is 17.2 Å². The minimum atomic E-state index is -2.98. The monoisotopic (exact) mass is 519 g/mol. The Morgan fingerprint density at radius 1 is 1.26 bits per heavy atom. The van der Waals surface area contributed by atoms with Crippen molar-refractivity contribution in [2.75, 3.05) is 33.4 Å². The van der Waals surface area contributed by atoms with Gasteiger partial charge in [0.15, 0.2) is 0 Å². The van der Waals surface area contributed by atoms with Crippen LogP contribution in [-0.4, -0.2) is 48.1 Å². The number of aryl methyl sites for hydroxylation is 1. The number of hydrogen-bond acceptors (Lipinski definition) is 5. The van der Waals surface area contributed by atoms with Crippen molar-refractivity contribution in [2.24, 2.45) is 0 Å². The second-order valence-electron chi connectivity index (χ2n) is 9.16. The first-order chi connectivity index (χ1) is 16.8. The van der Waals surface area contributed by atoms with Gasteiger partial charge in [-0.1, -0.05) is 42.0 Å². The summed E-state index contributed by atoms with van der Waals surface area (Å²) in [6.07, 6.45) is 7.42. The lowest BCUT2D eigenvalue weighted by Crippen LogP contribution is -2.48. The Morgan fingerprint density at radius 2 is 2.03 bits per heavy atom. The van der Waals surface area contributed by atoms with Gasteiger partial charge in [-0.2, -0.15) is 13.9 Å². The average Bonchev–Trinajstić information content (AvgIpc) is 3.42. The Balaban J connectivity index is 1.30. The smallest absolute Gasteiger partial charge is 0.297 e. The van der Waals surface area contributed by atoms with E-state index in [0.29, 0.717) is 28.7 Å². The number of likely N-dealkylation sites (tertiary alicyclic amines) is 1. The number of benzene rings is 1. The Bertz CT molecular complexity index is 1230. The van der Waals surface area contributed by atoms with Gasteiger partial charge in [0.1, 0.15) is 12.2 Å². The molecule has 1 saturated heterocycles. The van der Waals surface area contributed by atoms with E-state index in [1.54, 1.807) is 7.11 Å². The molecular weight excluding hydrogens is 492 g/mol. The van der Waals surface area contributed by atoms with Crippen LogP contribution >= 0.6 is 22.9 Å². The van der Waals surface area contributed by atoms with Crippen molar-refractivity contribution in [2.45, 2.75) is 37.8 Å². The first-order valence-electron chi connectivity index (χ1n) is 11.7. The van der Waals surface area contributed by atoms with Crippen LogP contribution in [0.4, 0.5) is 8.78 Å². The Labute approximate surface area is 212 Å². The van der Waals surface area contributed by atoms with E-state index in [1.165, 1.54) is 17.4 Å². The number of ether oxygens (including phenoxy) is 2. The van der Waals surface area contributed by atoms with Gasteiger partial charge in [-0.25, -0.2) is 4.68 Å². The zero-order chi connectivity index (χ0) is 24.6. The van der Waals surface area contributed by atoms with Gasteiger partial charge in [0.05, 0.1) is 22.3 Å². The zero-order valence-corrected chi connectivity index (χ0v) is 21.3. The fourth-order valence-corrected chi connectivity index (χ4v) is 6.39. The molecule has 0 saturated carbocycles. The van der Waals surface area contributed by atoms with Crippen molar-refractivity contribution in [1.82, 2.24) is 14.7 Å². The van der Waals surface area contributed by atoms with Crippen LogP contribution in [0, 0.1) is 6.92 Å². The number of nitrogens with zero attached hydrogens (tertiary/aromatic N) is 3. The summed E-state index contributed by atoms with van der Waals surface area (Å²) < 4.78 is 42.1. The number of fused-ring (bicyclic) bond motifs is 2. The van der Waals surface area contributed by atoms with Crippen LogP contribution in [0.2, 0.25) is 4.34 Å². The Morgan fingerprint density at radius 3 is 2.80 bits per heavy atom. The molecule has 186 valence electrons. The molecule has 0 amide bonds. The molecule has 9 heteroatoms. The second-order valence-corrected chi connectivity index (χ2v) is 10.8. The van der Waals surface area contributed by atoms with E-state index in [0.717, 1.165) is 42.1 Å². The molecule has 5 nitrogen and oxygen atoms in total. The predicted octanol–water partition coefficient (Wildman–Crippen LogP) is 6.17. The third-order valence-corrected chi connectivity index (χ3v) is 8.29. The van der Waals surface area contributed by atoms with Gasteiger partial charge in [0.2, 0.25) is 0 Å². The van der Waals surface area contributed by atoms with Crippen LogP contribution in [0.5, 0.6) is 0 Å². The second kappa shape index (κ2) is 9.75. The Hall–Kier alpha value is -2.10. The largest absolute Gasteiger partial charge is 0.381 e. The molecule has 4 heterocycles. The summed E-state index contributed by atoms with van der Waals surface area (Å²) in [5.74, 6) is -2.98.